The topological polar surface area (TPSA) is 33.9 Å². The molecule has 0 aliphatic rings. The van der Waals surface area contributed by atoms with Gasteiger partial charge in [0.2, 0.25) is 0 Å². The standard InChI is InChI=1S/C8H8N2OS/c12-8-9-2-3-10(8)5-7-1-4-11-6-7/h1-4,6H,5H2,(H,9,12). The average molecular weight is 180 g/mol. The zero-order valence-electron chi connectivity index (χ0n) is 6.36. The molecule has 0 amide bonds. The zero-order chi connectivity index (χ0) is 8.39. The lowest BCUT2D eigenvalue weighted by Crippen LogP contribution is -1.95. The van der Waals surface area contributed by atoms with Crippen LogP contribution in [-0.4, -0.2) is 9.55 Å². The molecule has 0 aliphatic carbocycles. The summed E-state index contributed by atoms with van der Waals surface area (Å²) >= 11 is 5.04. The highest BCUT2D eigenvalue weighted by atomic mass is 32.1. The molecule has 0 radical (unpaired) electrons. The molecule has 62 valence electrons. The van der Waals surface area contributed by atoms with Gasteiger partial charge in [0, 0.05) is 18.0 Å². The third-order valence-corrected chi connectivity index (χ3v) is 2.01. The third-order valence-electron chi connectivity index (χ3n) is 1.66. The highest BCUT2D eigenvalue weighted by molar-refractivity contribution is 7.71. The van der Waals surface area contributed by atoms with E-state index in [4.69, 9.17) is 16.6 Å². The molecule has 0 saturated carbocycles. The lowest BCUT2D eigenvalue weighted by molar-refractivity contribution is 0.562. The number of hydrogen-bond acceptors (Lipinski definition) is 2. The molecule has 0 atom stereocenters. The van der Waals surface area contributed by atoms with Crippen LogP contribution < -0.4 is 0 Å². The fourth-order valence-corrected chi connectivity index (χ4v) is 1.25. The van der Waals surface area contributed by atoms with Crippen LogP contribution in [0.5, 0.6) is 0 Å². The second-order valence-electron chi connectivity index (χ2n) is 2.52. The highest BCUT2D eigenvalue weighted by Gasteiger charge is 1.96. The summed E-state index contributed by atoms with van der Waals surface area (Å²) in [6, 6.07) is 1.93. The van der Waals surface area contributed by atoms with Gasteiger partial charge >= 0.3 is 0 Å². The van der Waals surface area contributed by atoms with Crippen LogP contribution in [0.1, 0.15) is 5.56 Å². The monoisotopic (exact) mass is 180 g/mol. The first-order valence-electron chi connectivity index (χ1n) is 3.61. The first-order valence-corrected chi connectivity index (χ1v) is 4.02. The van der Waals surface area contributed by atoms with Crippen molar-refractivity contribution < 1.29 is 4.42 Å². The SMILES string of the molecule is S=c1[nH]ccn1Cc1ccoc1. The largest absolute Gasteiger partial charge is 0.472 e. The normalized spacial score (nSPS) is 10.3. The van der Waals surface area contributed by atoms with Gasteiger partial charge in [0.1, 0.15) is 0 Å². The van der Waals surface area contributed by atoms with Crippen molar-refractivity contribution in [1.82, 2.24) is 9.55 Å². The molecule has 0 fully saturated rings. The van der Waals surface area contributed by atoms with Gasteiger partial charge in [-0.25, -0.2) is 0 Å². The second-order valence-corrected chi connectivity index (χ2v) is 2.91. The van der Waals surface area contributed by atoms with Crippen LogP contribution in [0.2, 0.25) is 0 Å². The molecule has 3 nitrogen and oxygen atoms in total. The number of imidazole rings is 1. The van der Waals surface area contributed by atoms with E-state index in [1.165, 1.54) is 0 Å². The van der Waals surface area contributed by atoms with Crippen molar-refractivity contribution in [2.45, 2.75) is 6.54 Å². The molecule has 0 aromatic carbocycles. The predicted octanol–water partition coefficient (Wildman–Crippen LogP) is 2.19. The number of furan rings is 1. The Labute approximate surface area is 74.6 Å². The summed E-state index contributed by atoms with van der Waals surface area (Å²) in [6.07, 6.45) is 7.11. The molecule has 2 heterocycles. The molecule has 2 aromatic rings. The van der Waals surface area contributed by atoms with Crippen LogP contribution in [-0.2, 0) is 6.54 Å². The Morgan fingerprint density at radius 2 is 2.50 bits per heavy atom. The predicted molar refractivity (Wildman–Crippen MR) is 47.4 cm³/mol. The molecule has 0 unspecified atom stereocenters. The van der Waals surface area contributed by atoms with Crippen LogP contribution in [0.3, 0.4) is 0 Å². The van der Waals surface area contributed by atoms with Gasteiger partial charge in [0.05, 0.1) is 19.1 Å². The van der Waals surface area contributed by atoms with Gasteiger partial charge < -0.3 is 14.0 Å². The van der Waals surface area contributed by atoms with Crippen molar-refractivity contribution in [3.63, 3.8) is 0 Å². The molecule has 0 aliphatic heterocycles. The average Bonchev–Trinajstić information content (AvgIpc) is 2.65. The molecule has 12 heavy (non-hydrogen) atoms. The summed E-state index contributed by atoms with van der Waals surface area (Å²) in [5.41, 5.74) is 1.12. The molecule has 2 rings (SSSR count). The molecule has 2 aromatic heterocycles. The van der Waals surface area contributed by atoms with E-state index in [0.717, 1.165) is 16.9 Å². The number of H-pyrrole nitrogens is 1. The van der Waals surface area contributed by atoms with Crippen molar-refractivity contribution >= 4 is 12.2 Å². The Balaban J connectivity index is 2.25. The quantitative estimate of drug-likeness (QED) is 0.719. The molecular formula is C8H8N2OS. The molecule has 0 spiro atoms. The van der Waals surface area contributed by atoms with E-state index in [-0.39, 0.29) is 0 Å². The van der Waals surface area contributed by atoms with Gasteiger partial charge in [0.25, 0.3) is 0 Å². The van der Waals surface area contributed by atoms with Crippen LogP contribution >= 0.6 is 12.2 Å². The number of nitrogens with zero attached hydrogens (tertiary/aromatic N) is 1. The highest BCUT2D eigenvalue weighted by Crippen LogP contribution is 2.03. The summed E-state index contributed by atoms with van der Waals surface area (Å²) in [6.45, 7) is 0.763. The lowest BCUT2D eigenvalue weighted by atomic mass is 10.3. The van der Waals surface area contributed by atoms with E-state index in [9.17, 15) is 0 Å². The molecule has 1 N–H and O–H groups in total. The van der Waals surface area contributed by atoms with Crippen LogP contribution in [0, 0.1) is 4.77 Å². The Kier molecular flexibility index (Phi) is 1.83. The minimum Gasteiger partial charge on any atom is -0.472 e. The van der Waals surface area contributed by atoms with Crippen molar-refractivity contribution in [1.29, 1.82) is 0 Å². The van der Waals surface area contributed by atoms with Crippen LogP contribution in [0.4, 0.5) is 0 Å². The van der Waals surface area contributed by atoms with Gasteiger partial charge in [-0.1, -0.05) is 0 Å². The number of aromatic amines is 1. The summed E-state index contributed by atoms with van der Waals surface area (Å²) in [4.78, 5) is 2.93. The maximum Gasteiger partial charge on any atom is 0.177 e. The molecular weight excluding hydrogens is 172 g/mol. The summed E-state index contributed by atoms with van der Waals surface area (Å²) < 4.78 is 7.62. The maximum atomic E-state index is 5.04. The van der Waals surface area contributed by atoms with Gasteiger partial charge in [-0.15, -0.1) is 0 Å². The van der Waals surface area contributed by atoms with Gasteiger partial charge in [-0.2, -0.15) is 0 Å². The van der Waals surface area contributed by atoms with Gasteiger partial charge in [-0.05, 0) is 18.3 Å². The van der Waals surface area contributed by atoms with Crippen molar-refractivity contribution in [3.05, 3.63) is 41.3 Å². The number of nitrogens with one attached hydrogen (secondary N) is 1. The third kappa shape index (κ3) is 1.33. The molecule has 4 heteroatoms. The fourth-order valence-electron chi connectivity index (χ4n) is 1.05. The zero-order valence-corrected chi connectivity index (χ0v) is 7.17. The Hall–Kier alpha value is -1.29. The van der Waals surface area contributed by atoms with E-state index in [1.54, 1.807) is 12.5 Å². The first-order chi connectivity index (χ1) is 5.86. The van der Waals surface area contributed by atoms with E-state index >= 15 is 0 Å². The number of aromatic nitrogens is 2. The molecule has 0 saturated heterocycles. The van der Waals surface area contributed by atoms with E-state index in [0.29, 0.717) is 0 Å². The van der Waals surface area contributed by atoms with Crippen LogP contribution in [0.15, 0.2) is 35.4 Å². The Morgan fingerprint density at radius 3 is 3.08 bits per heavy atom. The number of hydrogen-bond donors (Lipinski definition) is 1. The molecule has 0 bridgehead atoms. The Morgan fingerprint density at radius 1 is 1.58 bits per heavy atom. The lowest BCUT2D eigenvalue weighted by Gasteiger charge is -1.96. The van der Waals surface area contributed by atoms with E-state index in [2.05, 4.69) is 4.98 Å². The van der Waals surface area contributed by atoms with Crippen molar-refractivity contribution in [3.8, 4) is 0 Å². The summed E-state index contributed by atoms with van der Waals surface area (Å²) in [5.74, 6) is 0. The second kappa shape index (κ2) is 2.98. The van der Waals surface area contributed by atoms with Gasteiger partial charge in [-0.3, -0.25) is 0 Å². The fraction of sp³-hybridized carbons (Fsp3) is 0.125. The van der Waals surface area contributed by atoms with Gasteiger partial charge in [0.15, 0.2) is 4.77 Å². The van der Waals surface area contributed by atoms with Crippen LogP contribution in [0.25, 0.3) is 0 Å². The van der Waals surface area contributed by atoms with Crippen molar-refractivity contribution in [2.75, 3.05) is 0 Å². The minimum absolute atomic E-state index is 0.733. The van der Waals surface area contributed by atoms with Crippen molar-refractivity contribution in [2.24, 2.45) is 0 Å². The maximum absolute atomic E-state index is 5.04. The van der Waals surface area contributed by atoms with E-state index < -0.39 is 0 Å². The first kappa shape index (κ1) is 7.36. The summed E-state index contributed by atoms with van der Waals surface area (Å²) in [5, 5.41) is 0. The minimum atomic E-state index is 0.733. The Bertz CT molecular complexity index is 399. The van der Waals surface area contributed by atoms with E-state index in [1.807, 2.05) is 23.0 Å². The summed E-state index contributed by atoms with van der Waals surface area (Å²) in [7, 11) is 0. The smallest absolute Gasteiger partial charge is 0.177 e. The number of rotatable bonds is 2.